The molecule has 7 nitrogen and oxygen atoms in total. The van der Waals surface area contributed by atoms with E-state index in [4.69, 9.17) is 14.6 Å². The largest absolute Gasteiger partial charge is 0.481 e. The summed E-state index contributed by atoms with van der Waals surface area (Å²) in [5, 5.41) is 8.81. The van der Waals surface area contributed by atoms with Crippen LogP contribution in [-0.2, 0) is 14.3 Å². The molecule has 2 rings (SSSR count). The highest BCUT2D eigenvalue weighted by Crippen LogP contribution is 2.16. The molecule has 0 aromatic heterocycles. The highest BCUT2D eigenvalue weighted by Gasteiger charge is 2.28. The molecule has 2 aliphatic rings. The summed E-state index contributed by atoms with van der Waals surface area (Å²) in [4.78, 5) is 26.5. The van der Waals surface area contributed by atoms with Gasteiger partial charge in [-0.05, 0) is 12.8 Å². The third kappa shape index (κ3) is 4.86. The van der Waals surface area contributed by atoms with Crippen LogP contribution in [0.15, 0.2) is 0 Å². The van der Waals surface area contributed by atoms with Gasteiger partial charge in [0.2, 0.25) is 0 Å². The molecule has 2 atom stereocenters. The van der Waals surface area contributed by atoms with Crippen LogP contribution in [0.25, 0.3) is 0 Å². The van der Waals surface area contributed by atoms with Gasteiger partial charge in [0.05, 0.1) is 25.7 Å². The number of urea groups is 1. The number of amides is 2. The highest BCUT2D eigenvalue weighted by molar-refractivity contribution is 5.74. The zero-order valence-electron chi connectivity index (χ0n) is 12.5. The molecule has 2 aliphatic heterocycles. The third-order valence-electron chi connectivity index (χ3n) is 3.92. The van der Waals surface area contributed by atoms with E-state index < -0.39 is 12.1 Å². The number of carboxylic acids is 1. The van der Waals surface area contributed by atoms with Crippen molar-refractivity contribution in [3.8, 4) is 0 Å². The fourth-order valence-electron chi connectivity index (χ4n) is 2.87. The number of carboxylic acid groups (broad SMARTS) is 1. The average molecular weight is 300 g/mol. The van der Waals surface area contributed by atoms with Gasteiger partial charge in [-0.2, -0.15) is 0 Å². The summed E-state index contributed by atoms with van der Waals surface area (Å²) >= 11 is 0. The minimum absolute atomic E-state index is 0.0562. The number of carbonyl (C=O) groups excluding carboxylic acids is 1. The molecule has 2 fully saturated rings. The molecule has 2 amide bonds. The number of hydrogen-bond acceptors (Lipinski definition) is 4. The van der Waals surface area contributed by atoms with Crippen LogP contribution in [0.3, 0.4) is 0 Å². The van der Waals surface area contributed by atoms with E-state index in [1.807, 2.05) is 0 Å². The highest BCUT2D eigenvalue weighted by atomic mass is 16.5. The van der Waals surface area contributed by atoms with Crippen molar-refractivity contribution in [2.24, 2.45) is 5.92 Å². The first kappa shape index (κ1) is 16.0. The normalized spacial score (nSPS) is 26.4. The van der Waals surface area contributed by atoms with Gasteiger partial charge < -0.3 is 24.4 Å². The van der Waals surface area contributed by atoms with E-state index in [1.54, 1.807) is 16.8 Å². The lowest BCUT2D eigenvalue weighted by atomic mass is 10.0. The standard InChI is InChI=1S/C14H24N2O5/c1-15(8-11-3-2-5-20-10-11)14(19)16-4-6-21-12(9-16)7-13(17)18/h11-12H,2-10H2,1H3,(H,17,18). The number of ether oxygens (including phenoxy) is 2. The maximum Gasteiger partial charge on any atom is 0.319 e. The predicted molar refractivity (Wildman–Crippen MR) is 75.1 cm³/mol. The van der Waals surface area contributed by atoms with E-state index in [1.165, 1.54) is 0 Å². The summed E-state index contributed by atoms with van der Waals surface area (Å²) in [6.07, 6.45) is 1.66. The minimum Gasteiger partial charge on any atom is -0.481 e. The molecular formula is C14H24N2O5. The molecule has 0 spiro atoms. The Balaban J connectivity index is 1.81. The van der Waals surface area contributed by atoms with E-state index >= 15 is 0 Å². The van der Waals surface area contributed by atoms with E-state index in [-0.39, 0.29) is 12.5 Å². The van der Waals surface area contributed by atoms with E-state index in [0.717, 1.165) is 19.4 Å². The second-order valence-corrected chi connectivity index (χ2v) is 5.78. The van der Waals surface area contributed by atoms with Gasteiger partial charge in [-0.25, -0.2) is 4.79 Å². The van der Waals surface area contributed by atoms with Crippen LogP contribution in [0.5, 0.6) is 0 Å². The lowest BCUT2D eigenvalue weighted by Crippen LogP contribution is -2.51. The van der Waals surface area contributed by atoms with E-state index in [0.29, 0.717) is 38.8 Å². The summed E-state index contributed by atoms with van der Waals surface area (Å²) in [7, 11) is 1.79. The quantitative estimate of drug-likeness (QED) is 0.824. The average Bonchev–Trinajstić information content (AvgIpc) is 2.47. The first-order valence-electron chi connectivity index (χ1n) is 7.47. The fourth-order valence-corrected chi connectivity index (χ4v) is 2.87. The summed E-state index contributed by atoms with van der Waals surface area (Å²) in [6, 6.07) is -0.0562. The molecule has 0 aliphatic carbocycles. The molecule has 2 unspecified atom stereocenters. The predicted octanol–water partition coefficient (Wildman–Crippen LogP) is 0.640. The van der Waals surface area contributed by atoms with Crippen LogP contribution in [0.2, 0.25) is 0 Å². The summed E-state index contributed by atoms with van der Waals surface area (Å²) in [5.74, 6) is -0.509. The summed E-state index contributed by atoms with van der Waals surface area (Å²) < 4.78 is 10.8. The third-order valence-corrected chi connectivity index (χ3v) is 3.92. The zero-order valence-corrected chi connectivity index (χ0v) is 12.5. The molecule has 1 N–H and O–H groups in total. The van der Waals surface area contributed by atoms with Crippen molar-refractivity contribution in [2.75, 3.05) is 46.5 Å². The maximum absolute atomic E-state index is 12.4. The van der Waals surface area contributed by atoms with Crippen LogP contribution in [0.4, 0.5) is 4.79 Å². The molecule has 0 aromatic carbocycles. The number of rotatable bonds is 4. The van der Waals surface area contributed by atoms with Gasteiger partial charge in [0.15, 0.2) is 0 Å². The minimum atomic E-state index is -0.901. The van der Waals surface area contributed by atoms with Crippen molar-refractivity contribution in [3.63, 3.8) is 0 Å². The van der Waals surface area contributed by atoms with Gasteiger partial charge in [0, 0.05) is 39.2 Å². The Kier molecular flexibility index (Phi) is 5.81. The van der Waals surface area contributed by atoms with Gasteiger partial charge in [-0.1, -0.05) is 0 Å². The van der Waals surface area contributed by atoms with Gasteiger partial charge >= 0.3 is 12.0 Å². The summed E-state index contributed by atoms with van der Waals surface area (Å²) in [6.45, 7) is 3.46. The first-order chi connectivity index (χ1) is 10.1. The number of aliphatic carboxylic acids is 1. The Hall–Kier alpha value is -1.34. The first-order valence-corrected chi connectivity index (χ1v) is 7.47. The van der Waals surface area contributed by atoms with Crippen LogP contribution in [0.1, 0.15) is 19.3 Å². The molecule has 120 valence electrons. The van der Waals surface area contributed by atoms with Crippen molar-refractivity contribution >= 4 is 12.0 Å². The smallest absolute Gasteiger partial charge is 0.319 e. The topological polar surface area (TPSA) is 79.3 Å². The molecule has 0 saturated carbocycles. The molecular weight excluding hydrogens is 276 g/mol. The molecule has 2 saturated heterocycles. The second kappa shape index (κ2) is 7.61. The van der Waals surface area contributed by atoms with E-state index in [2.05, 4.69) is 0 Å². The zero-order chi connectivity index (χ0) is 15.2. The number of carbonyl (C=O) groups is 2. The second-order valence-electron chi connectivity index (χ2n) is 5.78. The van der Waals surface area contributed by atoms with Gasteiger partial charge in [0.25, 0.3) is 0 Å². The number of morpholine rings is 1. The van der Waals surface area contributed by atoms with Crippen molar-refractivity contribution in [1.29, 1.82) is 0 Å². The van der Waals surface area contributed by atoms with Gasteiger partial charge in [-0.3, -0.25) is 4.79 Å². The lowest BCUT2D eigenvalue weighted by molar-refractivity contribution is -0.141. The molecule has 0 aromatic rings. The van der Waals surface area contributed by atoms with Crippen molar-refractivity contribution in [1.82, 2.24) is 9.80 Å². The van der Waals surface area contributed by atoms with Crippen molar-refractivity contribution in [3.05, 3.63) is 0 Å². The number of nitrogens with zero attached hydrogens (tertiary/aromatic N) is 2. The Morgan fingerprint density at radius 1 is 1.38 bits per heavy atom. The van der Waals surface area contributed by atoms with Crippen molar-refractivity contribution in [2.45, 2.75) is 25.4 Å². The molecule has 0 bridgehead atoms. The molecule has 0 radical (unpaired) electrons. The number of hydrogen-bond donors (Lipinski definition) is 1. The Labute approximate surface area is 124 Å². The van der Waals surface area contributed by atoms with Crippen LogP contribution < -0.4 is 0 Å². The summed E-state index contributed by atoms with van der Waals surface area (Å²) in [5.41, 5.74) is 0. The van der Waals surface area contributed by atoms with Gasteiger partial charge in [0.1, 0.15) is 0 Å². The molecule has 7 heteroatoms. The van der Waals surface area contributed by atoms with Gasteiger partial charge in [-0.15, -0.1) is 0 Å². The Morgan fingerprint density at radius 3 is 2.86 bits per heavy atom. The monoisotopic (exact) mass is 300 g/mol. The van der Waals surface area contributed by atoms with Crippen molar-refractivity contribution < 1.29 is 24.2 Å². The Morgan fingerprint density at radius 2 is 2.19 bits per heavy atom. The van der Waals surface area contributed by atoms with Crippen LogP contribution >= 0.6 is 0 Å². The lowest BCUT2D eigenvalue weighted by Gasteiger charge is -2.36. The fraction of sp³-hybridized carbons (Fsp3) is 0.857. The SMILES string of the molecule is CN(CC1CCCOC1)C(=O)N1CCOC(CC(=O)O)C1. The Bertz CT molecular complexity index is 370. The molecule has 21 heavy (non-hydrogen) atoms. The van der Waals surface area contributed by atoms with Crippen LogP contribution in [0, 0.1) is 5.92 Å². The van der Waals surface area contributed by atoms with Crippen LogP contribution in [-0.4, -0.2) is 79.5 Å². The maximum atomic E-state index is 12.4. The molecule has 2 heterocycles. The van der Waals surface area contributed by atoms with E-state index in [9.17, 15) is 9.59 Å².